The van der Waals surface area contributed by atoms with Gasteiger partial charge in [-0.05, 0) is 30.3 Å². The molecule has 0 radical (unpaired) electrons. The van der Waals surface area contributed by atoms with Crippen LogP contribution in [0.4, 0.5) is 0 Å². The Labute approximate surface area is 107 Å². The monoisotopic (exact) mass is 258 g/mol. The van der Waals surface area contributed by atoms with Crippen LogP contribution >= 0.6 is 11.6 Å². The zero-order chi connectivity index (χ0) is 12.5. The van der Waals surface area contributed by atoms with Crippen LogP contribution in [0.15, 0.2) is 47.1 Å². The first-order chi connectivity index (χ1) is 8.74. The average molecular weight is 259 g/mol. The maximum Gasteiger partial charge on any atom is 0.265 e. The number of hydrogen-bond donors (Lipinski definition) is 0. The van der Waals surface area contributed by atoms with E-state index in [1.807, 2.05) is 0 Å². The van der Waals surface area contributed by atoms with Crippen LogP contribution < -0.4 is 0 Å². The van der Waals surface area contributed by atoms with Gasteiger partial charge in [-0.15, -0.1) is 0 Å². The molecule has 0 unspecified atom stereocenters. The van der Waals surface area contributed by atoms with Crippen molar-refractivity contribution in [3.05, 3.63) is 59.3 Å². The highest BCUT2D eigenvalue weighted by molar-refractivity contribution is 6.31. The molecule has 18 heavy (non-hydrogen) atoms. The number of halogens is 1. The Hall–Kier alpha value is -2.20. The Kier molecular flexibility index (Phi) is 2.57. The van der Waals surface area contributed by atoms with Crippen molar-refractivity contribution < 1.29 is 9.21 Å². The topological polar surface area (TPSA) is 56.0 Å². The fraction of sp³-hybridized carbons (Fsp3) is 0. The number of furan rings is 1. The molecular weight excluding hydrogens is 252 g/mol. The Morgan fingerprint density at radius 1 is 1.17 bits per heavy atom. The minimum atomic E-state index is -0.345. The molecule has 0 amide bonds. The third kappa shape index (κ3) is 1.87. The smallest absolute Gasteiger partial charge is 0.265 e. The van der Waals surface area contributed by atoms with Gasteiger partial charge in [0.1, 0.15) is 5.58 Å². The van der Waals surface area contributed by atoms with Gasteiger partial charge >= 0.3 is 0 Å². The second-order valence-corrected chi connectivity index (χ2v) is 4.13. The van der Waals surface area contributed by atoms with Gasteiger partial charge in [-0.1, -0.05) is 11.6 Å². The van der Waals surface area contributed by atoms with E-state index in [1.165, 1.54) is 12.4 Å². The summed E-state index contributed by atoms with van der Waals surface area (Å²) in [7, 11) is 0. The van der Waals surface area contributed by atoms with Gasteiger partial charge in [0.15, 0.2) is 5.76 Å². The van der Waals surface area contributed by atoms with Crippen LogP contribution in [0.2, 0.25) is 5.02 Å². The summed E-state index contributed by atoms with van der Waals surface area (Å²) < 4.78 is 5.45. The van der Waals surface area contributed by atoms with Crippen molar-refractivity contribution in [1.82, 2.24) is 9.97 Å². The van der Waals surface area contributed by atoms with E-state index in [9.17, 15) is 4.79 Å². The van der Waals surface area contributed by atoms with E-state index >= 15 is 0 Å². The lowest BCUT2D eigenvalue weighted by molar-refractivity contribution is 0.100. The maximum absolute atomic E-state index is 12.0. The molecule has 0 aliphatic carbocycles. The van der Waals surface area contributed by atoms with Crippen LogP contribution in [0.3, 0.4) is 0 Å². The third-order valence-electron chi connectivity index (χ3n) is 2.47. The summed E-state index contributed by atoms with van der Waals surface area (Å²) in [5.41, 5.74) is 0.610. The molecule has 1 aromatic carbocycles. The van der Waals surface area contributed by atoms with Crippen molar-refractivity contribution in [2.45, 2.75) is 0 Å². The van der Waals surface area contributed by atoms with Crippen molar-refractivity contribution in [2.24, 2.45) is 0 Å². The highest BCUT2D eigenvalue weighted by Crippen LogP contribution is 2.23. The van der Waals surface area contributed by atoms with Crippen LogP contribution in [-0.2, 0) is 0 Å². The van der Waals surface area contributed by atoms with Crippen molar-refractivity contribution in [3.8, 4) is 0 Å². The van der Waals surface area contributed by atoms with Gasteiger partial charge in [-0.25, -0.2) is 9.97 Å². The van der Waals surface area contributed by atoms with Crippen LogP contribution in [0.5, 0.6) is 0 Å². The Morgan fingerprint density at radius 2 is 1.94 bits per heavy atom. The number of rotatable bonds is 2. The highest BCUT2D eigenvalue weighted by atomic mass is 35.5. The van der Waals surface area contributed by atoms with E-state index in [0.29, 0.717) is 10.6 Å². The number of ketones is 1. The molecule has 0 fully saturated rings. The molecule has 0 bridgehead atoms. The fourth-order valence-corrected chi connectivity index (χ4v) is 1.83. The predicted octanol–water partition coefficient (Wildman–Crippen LogP) is 3.11. The first-order valence-electron chi connectivity index (χ1n) is 5.25. The van der Waals surface area contributed by atoms with Gasteiger partial charge in [0.25, 0.3) is 5.78 Å². The Balaban J connectivity index is 2.07. The maximum atomic E-state index is 12.0. The van der Waals surface area contributed by atoms with Gasteiger partial charge in [-0.3, -0.25) is 4.79 Å². The van der Waals surface area contributed by atoms with Gasteiger partial charge in [0, 0.05) is 22.8 Å². The van der Waals surface area contributed by atoms with Gasteiger partial charge in [0.2, 0.25) is 5.82 Å². The summed E-state index contributed by atoms with van der Waals surface area (Å²) in [6.07, 6.45) is 3.03. The molecule has 0 aliphatic rings. The fourth-order valence-electron chi connectivity index (χ4n) is 1.65. The Bertz CT molecular complexity index is 722. The minimum absolute atomic E-state index is 0.114. The standard InChI is InChI=1S/C13H7ClN2O2/c14-9-2-3-10-8(6-9)7-11(18-10)12(17)13-15-4-1-5-16-13/h1-7H. The SMILES string of the molecule is O=C(c1ncccn1)c1cc2cc(Cl)ccc2o1. The van der Waals surface area contributed by atoms with E-state index in [0.717, 1.165) is 5.39 Å². The lowest BCUT2D eigenvalue weighted by Crippen LogP contribution is -2.04. The van der Waals surface area contributed by atoms with E-state index in [1.54, 1.807) is 30.3 Å². The van der Waals surface area contributed by atoms with Crippen molar-refractivity contribution in [2.75, 3.05) is 0 Å². The van der Waals surface area contributed by atoms with Crippen molar-refractivity contribution in [1.29, 1.82) is 0 Å². The van der Waals surface area contributed by atoms with Crippen LogP contribution in [0, 0.1) is 0 Å². The number of carbonyl (C=O) groups is 1. The summed E-state index contributed by atoms with van der Waals surface area (Å²) in [6.45, 7) is 0. The normalized spacial score (nSPS) is 10.7. The van der Waals surface area contributed by atoms with Crippen LogP contribution in [0.25, 0.3) is 11.0 Å². The zero-order valence-electron chi connectivity index (χ0n) is 9.13. The molecule has 0 N–H and O–H groups in total. The first-order valence-corrected chi connectivity index (χ1v) is 5.62. The molecular formula is C13H7ClN2O2. The predicted molar refractivity (Wildman–Crippen MR) is 66.7 cm³/mol. The van der Waals surface area contributed by atoms with Gasteiger partial charge < -0.3 is 4.42 Å². The quantitative estimate of drug-likeness (QED) is 0.663. The number of hydrogen-bond acceptors (Lipinski definition) is 4. The van der Waals surface area contributed by atoms with E-state index in [-0.39, 0.29) is 17.4 Å². The molecule has 88 valence electrons. The zero-order valence-corrected chi connectivity index (χ0v) is 9.89. The molecule has 2 heterocycles. The number of benzene rings is 1. The molecule has 2 aromatic heterocycles. The summed E-state index contributed by atoms with van der Waals surface area (Å²) in [4.78, 5) is 19.8. The number of aromatic nitrogens is 2. The lowest BCUT2D eigenvalue weighted by atomic mass is 10.2. The number of nitrogens with zero attached hydrogens (tertiary/aromatic N) is 2. The number of carbonyl (C=O) groups excluding carboxylic acids is 1. The van der Waals surface area contributed by atoms with Crippen LogP contribution in [0.1, 0.15) is 16.4 Å². The van der Waals surface area contributed by atoms with Gasteiger partial charge in [0.05, 0.1) is 0 Å². The summed E-state index contributed by atoms with van der Waals surface area (Å²) in [5, 5.41) is 1.38. The highest BCUT2D eigenvalue weighted by Gasteiger charge is 2.16. The Morgan fingerprint density at radius 3 is 2.72 bits per heavy atom. The van der Waals surface area contributed by atoms with Crippen LogP contribution in [-0.4, -0.2) is 15.8 Å². The molecule has 4 nitrogen and oxygen atoms in total. The molecule has 0 atom stereocenters. The lowest BCUT2D eigenvalue weighted by Gasteiger charge is -1.93. The van der Waals surface area contributed by atoms with E-state index < -0.39 is 0 Å². The molecule has 0 spiro atoms. The number of fused-ring (bicyclic) bond motifs is 1. The second-order valence-electron chi connectivity index (χ2n) is 3.69. The summed E-state index contributed by atoms with van der Waals surface area (Å²) in [5.74, 6) is -0.0240. The molecule has 3 aromatic rings. The third-order valence-corrected chi connectivity index (χ3v) is 2.71. The van der Waals surface area contributed by atoms with E-state index in [4.69, 9.17) is 16.0 Å². The van der Waals surface area contributed by atoms with E-state index in [2.05, 4.69) is 9.97 Å². The van der Waals surface area contributed by atoms with Gasteiger partial charge in [-0.2, -0.15) is 0 Å². The molecule has 0 saturated carbocycles. The molecule has 5 heteroatoms. The molecule has 0 aliphatic heterocycles. The molecule has 3 rings (SSSR count). The minimum Gasteiger partial charge on any atom is -0.452 e. The largest absolute Gasteiger partial charge is 0.452 e. The first kappa shape index (κ1) is 10.9. The van der Waals surface area contributed by atoms with Crippen molar-refractivity contribution >= 4 is 28.4 Å². The summed E-state index contributed by atoms with van der Waals surface area (Å²) in [6, 6.07) is 8.46. The second kappa shape index (κ2) is 4.23. The van der Waals surface area contributed by atoms with Crippen molar-refractivity contribution in [3.63, 3.8) is 0 Å². The molecule has 0 saturated heterocycles. The average Bonchev–Trinajstić information content (AvgIpc) is 2.81. The summed E-state index contributed by atoms with van der Waals surface area (Å²) >= 11 is 5.87.